The van der Waals surface area contributed by atoms with Crippen molar-refractivity contribution in [3.05, 3.63) is 63.7 Å². The average molecular weight is 356 g/mol. The first-order valence-corrected chi connectivity index (χ1v) is 10.2. The van der Waals surface area contributed by atoms with Gasteiger partial charge in [-0.1, -0.05) is 43.6 Å². The molecule has 1 nitrogen and oxygen atoms in total. The zero-order valence-corrected chi connectivity index (χ0v) is 16.4. The van der Waals surface area contributed by atoms with Gasteiger partial charge in [0.15, 0.2) is 0 Å². The molecule has 0 spiro atoms. The third-order valence-corrected chi connectivity index (χ3v) is 5.43. The topological polar surface area (TPSA) is 3.24 Å². The fourth-order valence-electron chi connectivity index (χ4n) is 4.02. The quantitative estimate of drug-likeness (QED) is 0.541. The highest BCUT2D eigenvalue weighted by atomic mass is 35.5. The SMILES string of the molecule is CCCN(CCC)c1cc2c(cc1CCc1cccc(Cl)c1)CCC2. The molecule has 0 fully saturated rings. The summed E-state index contributed by atoms with van der Waals surface area (Å²) in [5.74, 6) is 0. The van der Waals surface area contributed by atoms with Gasteiger partial charge in [-0.05, 0) is 85.4 Å². The molecule has 134 valence electrons. The molecule has 2 heteroatoms. The molecule has 1 aliphatic carbocycles. The van der Waals surface area contributed by atoms with E-state index in [2.05, 4.69) is 49.1 Å². The molecule has 3 rings (SSSR count). The third-order valence-electron chi connectivity index (χ3n) is 5.19. The number of hydrogen-bond acceptors (Lipinski definition) is 1. The summed E-state index contributed by atoms with van der Waals surface area (Å²) in [6, 6.07) is 13.3. The van der Waals surface area contributed by atoms with Gasteiger partial charge in [0.1, 0.15) is 0 Å². The molecular weight excluding hydrogens is 326 g/mol. The highest BCUT2D eigenvalue weighted by Gasteiger charge is 2.17. The molecule has 0 saturated heterocycles. The van der Waals surface area contributed by atoms with Crippen molar-refractivity contribution in [1.82, 2.24) is 0 Å². The second-order valence-electron chi connectivity index (χ2n) is 7.22. The Balaban J connectivity index is 1.87. The van der Waals surface area contributed by atoms with Crippen molar-refractivity contribution in [2.24, 2.45) is 0 Å². The van der Waals surface area contributed by atoms with E-state index in [0.29, 0.717) is 0 Å². The summed E-state index contributed by atoms with van der Waals surface area (Å²) < 4.78 is 0. The Morgan fingerprint density at radius 3 is 2.32 bits per heavy atom. The van der Waals surface area contributed by atoms with Crippen LogP contribution in [0.1, 0.15) is 55.4 Å². The standard InChI is InChI=1S/C23H30ClN/c1-3-13-25(14-4-2)23-17-20-9-6-8-19(20)16-21(23)12-11-18-7-5-10-22(24)15-18/h5,7,10,15-17H,3-4,6,8-9,11-14H2,1-2H3. The summed E-state index contributed by atoms with van der Waals surface area (Å²) in [6.07, 6.45) is 8.36. The second kappa shape index (κ2) is 8.76. The summed E-state index contributed by atoms with van der Waals surface area (Å²) in [7, 11) is 0. The molecule has 1 aliphatic rings. The normalized spacial score (nSPS) is 13.1. The molecule has 0 bridgehead atoms. The van der Waals surface area contributed by atoms with E-state index < -0.39 is 0 Å². The first-order valence-electron chi connectivity index (χ1n) is 9.85. The molecule has 0 saturated carbocycles. The minimum Gasteiger partial charge on any atom is -0.371 e. The van der Waals surface area contributed by atoms with Gasteiger partial charge in [0.2, 0.25) is 0 Å². The largest absolute Gasteiger partial charge is 0.371 e. The van der Waals surface area contributed by atoms with Crippen molar-refractivity contribution < 1.29 is 0 Å². The van der Waals surface area contributed by atoms with E-state index in [-0.39, 0.29) is 0 Å². The third kappa shape index (κ3) is 4.58. The Bertz CT molecular complexity index is 701. The molecule has 0 atom stereocenters. The maximum absolute atomic E-state index is 6.16. The Labute approximate surface area is 158 Å². The van der Waals surface area contributed by atoms with Crippen LogP contribution < -0.4 is 4.90 Å². The Hall–Kier alpha value is -1.47. The van der Waals surface area contributed by atoms with E-state index >= 15 is 0 Å². The predicted molar refractivity (Wildman–Crippen MR) is 110 cm³/mol. The number of nitrogens with zero attached hydrogens (tertiary/aromatic N) is 1. The molecule has 0 amide bonds. The van der Waals surface area contributed by atoms with Crippen LogP contribution in [0.3, 0.4) is 0 Å². The molecule has 0 N–H and O–H groups in total. The van der Waals surface area contributed by atoms with E-state index in [4.69, 9.17) is 11.6 Å². The number of aryl methyl sites for hydroxylation is 4. The van der Waals surface area contributed by atoms with E-state index in [1.165, 1.54) is 48.9 Å². The maximum atomic E-state index is 6.16. The van der Waals surface area contributed by atoms with Gasteiger partial charge in [-0.3, -0.25) is 0 Å². The minimum absolute atomic E-state index is 0.838. The summed E-state index contributed by atoms with van der Waals surface area (Å²) >= 11 is 6.16. The zero-order valence-electron chi connectivity index (χ0n) is 15.7. The number of benzene rings is 2. The lowest BCUT2D eigenvalue weighted by Crippen LogP contribution is -2.26. The Morgan fingerprint density at radius 1 is 0.920 bits per heavy atom. The van der Waals surface area contributed by atoms with E-state index in [1.54, 1.807) is 11.1 Å². The highest BCUT2D eigenvalue weighted by Crippen LogP contribution is 2.32. The summed E-state index contributed by atoms with van der Waals surface area (Å²) in [4.78, 5) is 2.60. The van der Waals surface area contributed by atoms with Crippen LogP contribution in [0.25, 0.3) is 0 Å². The molecule has 0 aliphatic heterocycles. The van der Waals surface area contributed by atoms with E-state index in [0.717, 1.165) is 31.0 Å². The molecule has 0 unspecified atom stereocenters. The van der Waals surface area contributed by atoms with Crippen LogP contribution in [0.5, 0.6) is 0 Å². The number of hydrogen-bond donors (Lipinski definition) is 0. The summed E-state index contributed by atoms with van der Waals surface area (Å²) in [6.45, 7) is 6.86. The Kier molecular flexibility index (Phi) is 6.42. The number of halogens is 1. The van der Waals surface area contributed by atoms with Crippen LogP contribution in [0.15, 0.2) is 36.4 Å². The van der Waals surface area contributed by atoms with Crippen molar-refractivity contribution in [1.29, 1.82) is 0 Å². The van der Waals surface area contributed by atoms with E-state index in [1.807, 2.05) is 6.07 Å². The van der Waals surface area contributed by atoms with Crippen molar-refractivity contribution in [2.75, 3.05) is 18.0 Å². The second-order valence-corrected chi connectivity index (χ2v) is 7.66. The van der Waals surface area contributed by atoms with Crippen LogP contribution in [0.4, 0.5) is 5.69 Å². The highest BCUT2D eigenvalue weighted by molar-refractivity contribution is 6.30. The van der Waals surface area contributed by atoms with E-state index in [9.17, 15) is 0 Å². The van der Waals surface area contributed by atoms with Crippen molar-refractivity contribution in [2.45, 2.75) is 58.8 Å². The summed E-state index contributed by atoms with van der Waals surface area (Å²) in [5.41, 5.74) is 7.49. The molecular formula is C23H30ClN. The molecule has 2 aromatic rings. The minimum atomic E-state index is 0.838. The summed E-state index contributed by atoms with van der Waals surface area (Å²) in [5, 5.41) is 0.838. The Morgan fingerprint density at radius 2 is 1.64 bits per heavy atom. The fourth-order valence-corrected chi connectivity index (χ4v) is 4.23. The lowest BCUT2D eigenvalue weighted by molar-refractivity contribution is 0.738. The lowest BCUT2D eigenvalue weighted by Gasteiger charge is -2.27. The fraction of sp³-hybridized carbons (Fsp3) is 0.478. The van der Waals surface area contributed by atoms with Crippen LogP contribution in [-0.4, -0.2) is 13.1 Å². The monoisotopic (exact) mass is 355 g/mol. The van der Waals surface area contributed by atoms with Crippen molar-refractivity contribution in [3.63, 3.8) is 0 Å². The van der Waals surface area contributed by atoms with Gasteiger partial charge in [-0.2, -0.15) is 0 Å². The van der Waals surface area contributed by atoms with Crippen LogP contribution >= 0.6 is 11.6 Å². The molecule has 0 heterocycles. The van der Waals surface area contributed by atoms with Crippen LogP contribution in [0.2, 0.25) is 5.02 Å². The average Bonchev–Trinajstić information content (AvgIpc) is 3.06. The van der Waals surface area contributed by atoms with Gasteiger partial charge in [-0.15, -0.1) is 0 Å². The molecule has 2 aromatic carbocycles. The number of anilines is 1. The van der Waals surface area contributed by atoms with Gasteiger partial charge >= 0.3 is 0 Å². The van der Waals surface area contributed by atoms with Gasteiger partial charge in [0.05, 0.1) is 0 Å². The smallest absolute Gasteiger partial charge is 0.0408 e. The molecule has 0 aromatic heterocycles. The van der Waals surface area contributed by atoms with Crippen molar-refractivity contribution >= 4 is 17.3 Å². The van der Waals surface area contributed by atoms with Crippen LogP contribution in [-0.2, 0) is 25.7 Å². The van der Waals surface area contributed by atoms with Gasteiger partial charge in [-0.25, -0.2) is 0 Å². The van der Waals surface area contributed by atoms with Gasteiger partial charge in [0, 0.05) is 23.8 Å². The molecule has 25 heavy (non-hydrogen) atoms. The van der Waals surface area contributed by atoms with Crippen molar-refractivity contribution in [3.8, 4) is 0 Å². The zero-order chi connectivity index (χ0) is 17.6. The first-order chi connectivity index (χ1) is 12.2. The van der Waals surface area contributed by atoms with Gasteiger partial charge in [0.25, 0.3) is 0 Å². The maximum Gasteiger partial charge on any atom is 0.0408 e. The van der Waals surface area contributed by atoms with Gasteiger partial charge < -0.3 is 4.90 Å². The number of fused-ring (bicyclic) bond motifs is 1. The number of rotatable bonds is 8. The molecule has 0 radical (unpaired) electrons. The first kappa shape index (κ1) is 18.3. The van der Waals surface area contributed by atoms with Crippen LogP contribution in [0, 0.1) is 0 Å². The predicted octanol–water partition coefficient (Wildman–Crippen LogP) is 6.24. The lowest BCUT2D eigenvalue weighted by atomic mass is 9.97.